The van der Waals surface area contributed by atoms with Crippen LogP contribution in [0.2, 0.25) is 5.02 Å². The molecule has 0 aliphatic heterocycles. The van der Waals surface area contributed by atoms with E-state index >= 15 is 0 Å². The van der Waals surface area contributed by atoms with Crippen molar-refractivity contribution in [1.29, 1.82) is 0 Å². The van der Waals surface area contributed by atoms with Crippen LogP contribution in [0, 0.1) is 5.82 Å². The maximum Gasteiger partial charge on any atom is 0.146 e. The largest absolute Gasteiger partial charge is 0.384 e. The molecular formula is C13H14ClFN4. The average molecular weight is 281 g/mol. The first kappa shape index (κ1) is 13.5. The third-order valence-corrected chi connectivity index (χ3v) is 2.69. The van der Waals surface area contributed by atoms with Crippen LogP contribution >= 0.6 is 11.6 Å². The molecule has 1 aromatic heterocycles. The van der Waals surface area contributed by atoms with Gasteiger partial charge in [-0.15, -0.1) is 0 Å². The second-order valence-electron chi connectivity index (χ2n) is 4.09. The van der Waals surface area contributed by atoms with E-state index in [1.807, 2.05) is 6.92 Å². The molecule has 2 aromatic rings. The smallest absolute Gasteiger partial charge is 0.146 e. The summed E-state index contributed by atoms with van der Waals surface area (Å²) in [7, 11) is 0. The van der Waals surface area contributed by atoms with Crippen molar-refractivity contribution in [1.82, 2.24) is 9.97 Å². The van der Waals surface area contributed by atoms with E-state index in [9.17, 15) is 4.39 Å². The van der Waals surface area contributed by atoms with E-state index in [0.29, 0.717) is 22.5 Å². The van der Waals surface area contributed by atoms with E-state index < -0.39 is 5.82 Å². The molecule has 0 amide bonds. The lowest BCUT2D eigenvalue weighted by Crippen LogP contribution is -2.04. The molecule has 0 saturated heterocycles. The van der Waals surface area contributed by atoms with Gasteiger partial charge in [-0.1, -0.05) is 18.5 Å². The van der Waals surface area contributed by atoms with Crippen LogP contribution in [0.4, 0.5) is 21.7 Å². The Morgan fingerprint density at radius 2 is 2.11 bits per heavy atom. The predicted octanol–water partition coefficient (Wildman–Crippen LogP) is 3.55. The first-order valence-electron chi connectivity index (χ1n) is 5.94. The van der Waals surface area contributed by atoms with Gasteiger partial charge in [-0.2, -0.15) is 0 Å². The fourth-order valence-corrected chi connectivity index (χ4v) is 1.82. The molecule has 0 bridgehead atoms. The molecule has 0 aliphatic carbocycles. The average Bonchev–Trinajstić information content (AvgIpc) is 2.33. The van der Waals surface area contributed by atoms with Crippen molar-refractivity contribution in [3.8, 4) is 0 Å². The first-order chi connectivity index (χ1) is 9.08. The van der Waals surface area contributed by atoms with E-state index in [4.69, 9.17) is 17.3 Å². The standard InChI is InChI=1S/C13H14ClFN4/c1-2-3-12-18-11(16)7-13(19-12)17-10-6-8(14)4-5-9(10)15/h4-7H,2-3H2,1H3,(H3,16,17,18,19). The molecule has 4 nitrogen and oxygen atoms in total. The topological polar surface area (TPSA) is 63.8 Å². The predicted molar refractivity (Wildman–Crippen MR) is 75.1 cm³/mol. The zero-order chi connectivity index (χ0) is 13.8. The highest BCUT2D eigenvalue weighted by atomic mass is 35.5. The number of rotatable bonds is 4. The second kappa shape index (κ2) is 5.84. The van der Waals surface area contributed by atoms with Gasteiger partial charge in [-0.25, -0.2) is 14.4 Å². The van der Waals surface area contributed by atoms with Crippen LogP contribution in [0.15, 0.2) is 24.3 Å². The van der Waals surface area contributed by atoms with Gasteiger partial charge in [0, 0.05) is 17.5 Å². The zero-order valence-corrected chi connectivity index (χ0v) is 11.2. The maximum atomic E-state index is 13.6. The van der Waals surface area contributed by atoms with Gasteiger partial charge >= 0.3 is 0 Å². The van der Waals surface area contributed by atoms with Crippen molar-refractivity contribution in [3.63, 3.8) is 0 Å². The normalized spacial score (nSPS) is 10.5. The molecule has 0 radical (unpaired) electrons. The van der Waals surface area contributed by atoms with Crippen molar-refractivity contribution in [3.05, 3.63) is 40.9 Å². The molecule has 0 spiro atoms. The number of nitrogens with one attached hydrogen (secondary N) is 1. The van der Waals surface area contributed by atoms with Gasteiger partial charge < -0.3 is 11.1 Å². The van der Waals surface area contributed by atoms with E-state index in [-0.39, 0.29) is 5.69 Å². The Kier molecular flexibility index (Phi) is 4.16. The van der Waals surface area contributed by atoms with E-state index in [1.165, 1.54) is 18.2 Å². The van der Waals surface area contributed by atoms with Crippen molar-refractivity contribution in [2.45, 2.75) is 19.8 Å². The molecule has 0 unspecified atom stereocenters. The molecule has 3 N–H and O–H groups in total. The van der Waals surface area contributed by atoms with Crippen LogP contribution in [0.3, 0.4) is 0 Å². The number of hydrogen-bond acceptors (Lipinski definition) is 4. The summed E-state index contributed by atoms with van der Waals surface area (Å²) in [4.78, 5) is 8.39. The number of nitrogen functional groups attached to an aromatic ring is 1. The van der Waals surface area contributed by atoms with Crippen molar-refractivity contribution < 1.29 is 4.39 Å². The number of anilines is 3. The lowest BCUT2D eigenvalue weighted by Gasteiger charge is -2.09. The lowest BCUT2D eigenvalue weighted by molar-refractivity contribution is 0.631. The second-order valence-corrected chi connectivity index (χ2v) is 4.53. The first-order valence-corrected chi connectivity index (χ1v) is 6.32. The van der Waals surface area contributed by atoms with Crippen LogP contribution in [0.25, 0.3) is 0 Å². The summed E-state index contributed by atoms with van der Waals surface area (Å²) in [6, 6.07) is 5.83. The van der Waals surface area contributed by atoms with Gasteiger partial charge in [-0.3, -0.25) is 0 Å². The number of nitrogens with zero attached hydrogens (tertiary/aromatic N) is 2. The van der Waals surface area contributed by atoms with Crippen LogP contribution in [0.5, 0.6) is 0 Å². The Labute approximate surface area is 115 Å². The maximum absolute atomic E-state index is 13.6. The van der Waals surface area contributed by atoms with E-state index in [1.54, 1.807) is 6.07 Å². The molecule has 19 heavy (non-hydrogen) atoms. The zero-order valence-electron chi connectivity index (χ0n) is 10.5. The van der Waals surface area contributed by atoms with Gasteiger partial charge in [0.15, 0.2) is 0 Å². The van der Waals surface area contributed by atoms with Crippen LogP contribution in [0.1, 0.15) is 19.2 Å². The Morgan fingerprint density at radius 1 is 1.32 bits per heavy atom. The van der Waals surface area contributed by atoms with E-state index in [2.05, 4.69) is 15.3 Å². The number of aryl methyl sites for hydroxylation is 1. The summed E-state index contributed by atoms with van der Waals surface area (Å²) in [6.45, 7) is 2.02. The highest BCUT2D eigenvalue weighted by molar-refractivity contribution is 6.30. The summed E-state index contributed by atoms with van der Waals surface area (Å²) in [5, 5.41) is 3.31. The minimum absolute atomic E-state index is 0.257. The van der Waals surface area contributed by atoms with Gasteiger partial charge in [0.2, 0.25) is 0 Å². The molecule has 6 heteroatoms. The minimum Gasteiger partial charge on any atom is -0.384 e. The molecule has 2 rings (SSSR count). The van der Waals surface area contributed by atoms with Gasteiger partial charge in [0.05, 0.1) is 5.69 Å². The SMILES string of the molecule is CCCc1nc(N)cc(Nc2cc(Cl)ccc2F)n1. The van der Waals surface area contributed by atoms with Crippen molar-refractivity contribution >= 4 is 28.9 Å². The van der Waals surface area contributed by atoms with Gasteiger partial charge in [0.1, 0.15) is 23.3 Å². The summed E-state index contributed by atoms with van der Waals surface area (Å²) in [5.74, 6) is 1.03. The minimum atomic E-state index is -0.404. The fraction of sp³-hybridized carbons (Fsp3) is 0.231. The molecule has 0 aliphatic rings. The molecule has 100 valence electrons. The van der Waals surface area contributed by atoms with E-state index in [0.717, 1.165) is 12.8 Å². The van der Waals surface area contributed by atoms with Crippen LogP contribution in [-0.4, -0.2) is 9.97 Å². The summed E-state index contributed by atoms with van der Waals surface area (Å²) in [5.41, 5.74) is 5.96. The summed E-state index contributed by atoms with van der Waals surface area (Å²) < 4.78 is 13.6. The van der Waals surface area contributed by atoms with Crippen LogP contribution < -0.4 is 11.1 Å². The fourth-order valence-electron chi connectivity index (χ4n) is 1.65. The Morgan fingerprint density at radius 3 is 2.84 bits per heavy atom. The number of hydrogen-bond donors (Lipinski definition) is 2. The van der Waals surface area contributed by atoms with Crippen LogP contribution in [-0.2, 0) is 6.42 Å². The number of benzene rings is 1. The highest BCUT2D eigenvalue weighted by Crippen LogP contribution is 2.23. The van der Waals surface area contributed by atoms with Gasteiger partial charge in [-0.05, 0) is 24.6 Å². The quantitative estimate of drug-likeness (QED) is 0.899. The summed E-state index contributed by atoms with van der Waals surface area (Å²) in [6.07, 6.45) is 1.63. The van der Waals surface area contributed by atoms with Crippen molar-refractivity contribution in [2.75, 3.05) is 11.1 Å². The molecule has 0 saturated carbocycles. The number of nitrogens with two attached hydrogens (primary N) is 1. The highest BCUT2D eigenvalue weighted by Gasteiger charge is 2.06. The Balaban J connectivity index is 2.29. The molecular weight excluding hydrogens is 267 g/mol. The lowest BCUT2D eigenvalue weighted by atomic mass is 10.3. The third-order valence-electron chi connectivity index (χ3n) is 2.46. The van der Waals surface area contributed by atoms with Crippen molar-refractivity contribution in [2.24, 2.45) is 0 Å². The Bertz CT molecular complexity index is 589. The molecule has 1 heterocycles. The number of halogens is 2. The molecule has 1 aromatic carbocycles. The van der Waals surface area contributed by atoms with Gasteiger partial charge in [0.25, 0.3) is 0 Å². The monoisotopic (exact) mass is 280 g/mol. The molecule has 0 fully saturated rings. The third kappa shape index (κ3) is 3.54. The Hall–Kier alpha value is -1.88. The molecule has 0 atom stereocenters. The number of aromatic nitrogens is 2. The summed E-state index contributed by atoms with van der Waals surface area (Å²) >= 11 is 5.83.